The molecule has 0 radical (unpaired) electrons. The van der Waals surface area contributed by atoms with Crippen molar-refractivity contribution in [3.8, 4) is 0 Å². The number of aromatic nitrogens is 2. The van der Waals surface area contributed by atoms with Gasteiger partial charge >= 0.3 is 0 Å². The fraction of sp³-hybridized carbons (Fsp3) is 0. The second-order valence-electron chi connectivity index (χ2n) is 2.91. The van der Waals surface area contributed by atoms with Crippen LogP contribution in [0, 0.1) is 5.82 Å². The molecule has 0 fully saturated rings. The van der Waals surface area contributed by atoms with E-state index >= 15 is 0 Å². The molecule has 1 aromatic carbocycles. The largest absolute Gasteiger partial charge is 0.368 e. The maximum Gasteiger partial charge on any atom is 0.221 e. The molecule has 0 amide bonds. The quantitative estimate of drug-likeness (QED) is 0.866. The Balaban J connectivity index is 2.34. The van der Waals surface area contributed by atoms with Crippen molar-refractivity contribution in [2.75, 3.05) is 5.73 Å². The van der Waals surface area contributed by atoms with Gasteiger partial charge in [0.25, 0.3) is 0 Å². The Kier molecular flexibility index (Phi) is 3.40. The summed E-state index contributed by atoms with van der Waals surface area (Å²) in [5.74, 6) is -0.411. The minimum absolute atomic E-state index is 0.0657. The van der Waals surface area contributed by atoms with Crippen molar-refractivity contribution in [3.63, 3.8) is 0 Å². The second kappa shape index (κ2) is 4.80. The Labute approximate surface area is 104 Å². The first-order valence-electron chi connectivity index (χ1n) is 4.37. The predicted molar refractivity (Wildman–Crippen MR) is 64.7 cm³/mol. The van der Waals surface area contributed by atoms with Gasteiger partial charge in [0.15, 0.2) is 5.82 Å². The summed E-state index contributed by atoms with van der Waals surface area (Å²) in [6.45, 7) is 0. The lowest BCUT2D eigenvalue weighted by Crippen LogP contribution is -1.97. The normalized spacial score (nSPS) is 10.4. The molecule has 82 valence electrons. The summed E-state index contributed by atoms with van der Waals surface area (Å²) in [7, 11) is 0. The summed E-state index contributed by atoms with van der Waals surface area (Å²) in [4.78, 5) is 8.29. The van der Waals surface area contributed by atoms with Gasteiger partial charge in [0.2, 0.25) is 5.95 Å². The first-order chi connectivity index (χ1) is 7.66. The van der Waals surface area contributed by atoms with Crippen molar-refractivity contribution in [1.29, 1.82) is 0 Å². The van der Waals surface area contributed by atoms with Crippen LogP contribution in [0.1, 0.15) is 0 Å². The van der Waals surface area contributed by atoms with E-state index in [0.29, 0.717) is 0 Å². The second-order valence-corrected chi connectivity index (χ2v) is 4.80. The van der Waals surface area contributed by atoms with Crippen molar-refractivity contribution >= 4 is 33.6 Å². The summed E-state index contributed by atoms with van der Waals surface area (Å²) in [6, 6.07) is 7.51. The zero-order valence-electron chi connectivity index (χ0n) is 8.02. The average molecular weight is 300 g/mol. The number of halogens is 2. The first-order valence-corrected chi connectivity index (χ1v) is 5.98. The zero-order chi connectivity index (χ0) is 11.5. The Bertz CT molecular complexity index is 521. The highest BCUT2D eigenvalue weighted by Crippen LogP contribution is 2.33. The molecule has 0 aliphatic heterocycles. The van der Waals surface area contributed by atoms with E-state index in [-0.39, 0.29) is 11.0 Å². The molecule has 6 heteroatoms. The van der Waals surface area contributed by atoms with Crippen molar-refractivity contribution in [2.24, 2.45) is 0 Å². The molecule has 2 N–H and O–H groups in total. The fourth-order valence-electron chi connectivity index (χ4n) is 1.07. The van der Waals surface area contributed by atoms with Crippen LogP contribution in [0.2, 0.25) is 0 Å². The highest BCUT2D eigenvalue weighted by Gasteiger charge is 2.09. The first kappa shape index (κ1) is 11.3. The lowest BCUT2D eigenvalue weighted by atomic mass is 10.4. The van der Waals surface area contributed by atoms with Gasteiger partial charge in [0.05, 0.1) is 6.20 Å². The van der Waals surface area contributed by atoms with Gasteiger partial charge in [-0.05, 0) is 28.1 Å². The van der Waals surface area contributed by atoms with E-state index < -0.39 is 5.82 Å². The van der Waals surface area contributed by atoms with Crippen LogP contribution in [0.5, 0.6) is 0 Å². The predicted octanol–water partition coefficient (Wildman–Crippen LogP) is 3.11. The van der Waals surface area contributed by atoms with E-state index in [9.17, 15) is 4.39 Å². The third-order valence-electron chi connectivity index (χ3n) is 1.77. The number of nitrogens with zero attached hydrogens (tertiary/aromatic N) is 2. The molecule has 0 aliphatic carbocycles. The summed E-state index contributed by atoms with van der Waals surface area (Å²) >= 11 is 4.58. The minimum Gasteiger partial charge on any atom is -0.368 e. The molecular formula is C10H7BrFN3S. The number of rotatable bonds is 2. The molecule has 0 spiro atoms. The molecule has 0 saturated heterocycles. The van der Waals surface area contributed by atoms with E-state index in [0.717, 1.165) is 15.6 Å². The zero-order valence-corrected chi connectivity index (χ0v) is 10.4. The van der Waals surface area contributed by atoms with Crippen molar-refractivity contribution in [1.82, 2.24) is 9.97 Å². The molecule has 3 nitrogen and oxygen atoms in total. The van der Waals surface area contributed by atoms with Crippen LogP contribution in [0.3, 0.4) is 0 Å². The summed E-state index contributed by atoms with van der Waals surface area (Å²) < 4.78 is 14.3. The molecule has 16 heavy (non-hydrogen) atoms. The van der Waals surface area contributed by atoms with Gasteiger partial charge in [-0.1, -0.05) is 23.9 Å². The van der Waals surface area contributed by atoms with Crippen LogP contribution in [-0.4, -0.2) is 9.97 Å². The molecular weight excluding hydrogens is 293 g/mol. The number of benzene rings is 1. The molecule has 2 rings (SSSR count). The van der Waals surface area contributed by atoms with Crippen molar-refractivity contribution in [3.05, 3.63) is 40.8 Å². The Morgan fingerprint density at radius 1 is 1.31 bits per heavy atom. The van der Waals surface area contributed by atoms with E-state index in [1.54, 1.807) is 0 Å². The third kappa shape index (κ3) is 2.51. The SMILES string of the molecule is Nc1ncc(F)c(Sc2ccccc2Br)n1. The van der Waals surface area contributed by atoms with Gasteiger partial charge in [-0.25, -0.2) is 14.4 Å². The van der Waals surface area contributed by atoms with Crippen LogP contribution in [0.25, 0.3) is 0 Å². The van der Waals surface area contributed by atoms with Gasteiger partial charge in [-0.3, -0.25) is 0 Å². The van der Waals surface area contributed by atoms with Gasteiger partial charge in [-0.15, -0.1) is 0 Å². The number of anilines is 1. The maximum absolute atomic E-state index is 13.4. The van der Waals surface area contributed by atoms with E-state index in [4.69, 9.17) is 5.73 Å². The molecule has 0 saturated carbocycles. The van der Waals surface area contributed by atoms with Crippen LogP contribution >= 0.6 is 27.7 Å². The summed E-state index contributed by atoms with van der Waals surface area (Å²) in [5, 5.41) is 0.222. The van der Waals surface area contributed by atoms with Gasteiger partial charge in [0, 0.05) is 9.37 Å². The molecule has 1 aromatic heterocycles. The molecule has 0 bridgehead atoms. The molecule has 0 unspecified atom stereocenters. The molecule has 2 aromatic rings. The third-order valence-corrected chi connectivity index (χ3v) is 3.78. The van der Waals surface area contributed by atoms with Crippen LogP contribution in [0.4, 0.5) is 10.3 Å². The van der Waals surface area contributed by atoms with Crippen molar-refractivity contribution < 1.29 is 4.39 Å². The van der Waals surface area contributed by atoms with Crippen molar-refractivity contribution in [2.45, 2.75) is 9.92 Å². The van der Waals surface area contributed by atoms with Gasteiger partial charge in [-0.2, -0.15) is 0 Å². The Hall–Kier alpha value is -1.14. The highest BCUT2D eigenvalue weighted by molar-refractivity contribution is 9.10. The fourth-order valence-corrected chi connectivity index (χ4v) is 2.40. The Morgan fingerprint density at radius 2 is 2.06 bits per heavy atom. The number of nitrogen functional groups attached to an aromatic ring is 1. The molecule has 0 aliphatic rings. The number of nitrogens with two attached hydrogens (primary N) is 1. The molecule has 0 atom stereocenters. The lowest BCUT2D eigenvalue weighted by molar-refractivity contribution is 0.580. The maximum atomic E-state index is 13.4. The Morgan fingerprint density at radius 3 is 2.81 bits per heavy atom. The van der Waals surface area contributed by atoms with Crippen LogP contribution < -0.4 is 5.73 Å². The van der Waals surface area contributed by atoms with Crippen LogP contribution in [-0.2, 0) is 0 Å². The van der Waals surface area contributed by atoms with Gasteiger partial charge < -0.3 is 5.73 Å². The average Bonchev–Trinajstić information content (AvgIpc) is 2.27. The van der Waals surface area contributed by atoms with E-state index in [1.807, 2.05) is 24.3 Å². The van der Waals surface area contributed by atoms with E-state index in [2.05, 4.69) is 25.9 Å². The number of hydrogen-bond donors (Lipinski definition) is 1. The highest BCUT2D eigenvalue weighted by atomic mass is 79.9. The summed E-state index contributed by atoms with van der Waals surface area (Å²) in [6.07, 6.45) is 1.07. The lowest BCUT2D eigenvalue weighted by Gasteiger charge is -2.04. The standard InChI is InChI=1S/C10H7BrFN3S/c11-6-3-1-2-4-8(6)16-9-7(12)5-14-10(13)15-9/h1-5H,(H2,13,14,15). The van der Waals surface area contributed by atoms with E-state index in [1.165, 1.54) is 11.8 Å². The minimum atomic E-state index is -0.477. The smallest absolute Gasteiger partial charge is 0.221 e. The topological polar surface area (TPSA) is 51.8 Å². The monoisotopic (exact) mass is 299 g/mol. The van der Waals surface area contributed by atoms with Gasteiger partial charge in [0.1, 0.15) is 5.03 Å². The molecule has 1 heterocycles. The van der Waals surface area contributed by atoms with Crippen LogP contribution in [0.15, 0.2) is 44.9 Å². The number of hydrogen-bond acceptors (Lipinski definition) is 4. The summed E-state index contributed by atoms with van der Waals surface area (Å²) in [5.41, 5.74) is 5.41.